The highest BCUT2D eigenvalue weighted by atomic mass is 28.4. The molecule has 7 nitrogen and oxygen atoms in total. The Bertz CT molecular complexity index is 747. The van der Waals surface area contributed by atoms with Gasteiger partial charge in [-0.05, 0) is 25.1 Å². The highest BCUT2D eigenvalue weighted by molar-refractivity contribution is 6.74. The number of aryl methyl sites for hydroxylation is 1. The van der Waals surface area contributed by atoms with Gasteiger partial charge in [0.25, 0.3) is 5.56 Å². The molecule has 2 rings (SSSR count). The van der Waals surface area contributed by atoms with Crippen molar-refractivity contribution in [3.05, 3.63) is 32.6 Å². The van der Waals surface area contributed by atoms with Crippen molar-refractivity contribution in [3.63, 3.8) is 0 Å². The van der Waals surface area contributed by atoms with Gasteiger partial charge in [0.15, 0.2) is 8.32 Å². The molecule has 3 atom stereocenters. The van der Waals surface area contributed by atoms with Crippen LogP contribution >= 0.6 is 0 Å². The zero-order valence-electron chi connectivity index (χ0n) is 15.8. The van der Waals surface area contributed by atoms with Crippen LogP contribution < -0.4 is 11.2 Å². The van der Waals surface area contributed by atoms with Crippen molar-refractivity contribution in [3.8, 4) is 0 Å². The average Bonchev–Trinajstić information content (AvgIpc) is 2.84. The van der Waals surface area contributed by atoms with Crippen LogP contribution in [-0.2, 0) is 14.0 Å². The van der Waals surface area contributed by atoms with Crippen LogP contribution in [0.25, 0.3) is 0 Å². The fourth-order valence-corrected chi connectivity index (χ4v) is 4.01. The van der Waals surface area contributed by atoms with Crippen molar-refractivity contribution in [2.24, 2.45) is 0 Å². The molecule has 0 saturated carbocycles. The summed E-state index contributed by atoms with van der Waals surface area (Å²) >= 11 is 0. The van der Waals surface area contributed by atoms with E-state index >= 15 is 0 Å². The topological polar surface area (TPSA) is 90.4 Å². The predicted molar refractivity (Wildman–Crippen MR) is 97.3 cm³/mol. The van der Waals surface area contributed by atoms with Crippen molar-refractivity contribution in [2.75, 3.05) is 0 Å². The monoisotopic (exact) mass is 368 g/mol. The molecule has 25 heavy (non-hydrogen) atoms. The van der Waals surface area contributed by atoms with Crippen LogP contribution in [0.15, 0.2) is 15.8 Å². The molecule has 1 saturated heterocycles. The van der Waals surface area contributed by atoms with E-state index in [2.05, 4.69) is 38.8 Å². The van der Waals surface area contributed by atoms with Crippen LogP contribution in [0.4, 0.5) is 0 Å². The Labute approximate surface area is 148 Å². The van der Waals surface area contributed by atoms with Crippen molar-refractivity contribution >= 4 is 14.6 Å². The van der Waals surface area contributed by atoms with Crippen LogP contribution in [0.3, 0.4) is 0 Å². The quantitative estimate of drug-likeness (QED) is 0.635. The van der Waals surface area contributed by atoms with Gasteiger partial charge in [0.2, 0.25) is 0 Å². The highest BCUT2D eigenvalue weighted by Gasteiger charge is 2.45. The molecule has 0 spiro atoms. The second kappa shape index (κ2) is 7.01. The lowest BCUT2D eigenvalue weighted by Crippen LogP contribution is -2.46. The summed E-state index contributed by atoms with van der Waals surface area (Å²) in [5, 5.41) is 0.0300. The van der Waals surface area contributed by atoms with E-state index in [1.165, 1.54) is 10.8 Å². The van der Waals surface area contributed by atoms with Crippen molar-refractivity contribution in [1.29, 1.82) is 0 Å². The molecule has 0 aromatic carbocycles. The Kier molecular flexibility index (Phi) is 5.55. The number of nitrogens with zero attached hydrogens (tertiary/aromatic N) is 1. The summed E-state index contributed by atoms with van der Waals surface area (Å²) < 4.78 is 13.8. The first-order valence-electron chi connectivity index (χ1n) is 8.55. The second-order valence-electron chi connectivity index (χ2n) is 8.16. The van der Waals surface area contributed by atoms with E-state index in [-0.39, 0.29) is 17.6 Å². The highest BCUT2D eigenvalue weighted by Crippen LogP contribution is 2.41. The van der Waals surface area contributed by atoms with Crippen molar-refractivity contribution in [1.82, 2.24) is 9.55 Å². The maximum atomic E-state index is 12.1. The first kappa shape index (κ1) is 19.8. The molecule has 1 aromatic rings. The number of carbonyl (C=O) groups is 1. The molecule has 8 heteroatoms. The maximum absolute atomic E-state index is 12.1. The standard InChI is InChI=1S/C17H28N2O5Si/c1-11-10-19(16(22)18-15(11)21)14-9-13(12(23-14)7-8-20)24-25(5,6)17(2,3)4/h8,10,12-14H,7,9H2,1-6H3,(H,18,21,22)/t12-,13+,14-/m1/s1. The molecule has 0 unspecified atom stereocenters. The van der Waals surface area contributed by atoms with Gasteiger partial charge in [-0.1, -0.05) is 20.8 Å². The molecule has 0 aliphatic carbocycles. The Hall–Kier alpha value is -1.51. The van der Waals surface area contributed by atoms with Gasteiger partial charge in [-0.15, -0.1) is 0 Å². The summed E-state index contributed by atoms with van der Waals surface area (Å²) in [5.41, 5.74) is -0.486. The first-order valence-corrected chi connectivity index (χ1v) is 11.5. The van der Waals surface area contributed by atoms with E-state index in [1.54, 1.807) is 6.92 Å². The second-order valence-corrected chi connectivity index (χ2v) is 12.9. The molecule has 1 aromatic heterocycles. The third-order valence-corrected chi connectivity index (χ3v) is 9.72. The number of aromatic nitrogens is 2. The van der Waals surface area contributed by atoms with E-state index in [4.69, 9.17) is 9.16 Å². The van der Waals surface area contributed by atoms with Crippen LogP contribution in [0.1, 0.15) is 45.4 Å². The van der Waals surface area contributed by atoms with Gasteiger partial charge in [0.1, 0.15) is 12.5 Å². The molecule has 1 aliphatic heterocycles. The van der Waals surface area contributed by atoms with E-state index in [1.807, 2.05) is 0 Å². The number of H-pyrrole nitrogens is 1. The van der Waals surface area contributed by atoms with E-state index in [0.717, 1.165) is 6.29 Å². The number of aldehydes is 1. The Morgan fingerprint density at radius 3 is 2.60 bits per heavy atom. The van der Waals surface area contributed by atoms with E-state index in [0.29, 0.717) is 12.0 Å². The lowest BCUT2D eigenvalue weighted by atomic mass is 10.1. The van der Waals surface area contributed by atoms with Gasteiger partial charge in [0.05, 0.1) is 12.2 Å². The fourth-order valence-electron chi connectivity index (χ4n) is 2.66. The first-order chi connectivity index (χ1) is 11.5. The summed E-state index contributed by atoms with van der Waals surface area (Å²) in [6, 6.07) is 0. The number of carbonyl (C=O) groups excluding carboxylic acids is 1. The molecular formula is C17H28N2O5Si. The zero-order chi connectivity index (χ0) is 19.0. The predicted octanol–water partition coefficient (Wildman–Crippen LogP) is 2.11. The third-order valence-electron chi connectivity index (χ3n) is 5.22. The lowest BCUT2D eigenvalue weighted by molar-refractivity contribution is -0.112. The molecule has 140 valence electrons. The fraction of sp³-hybridized carbons (Fsp3) is 0.706. The molecule has 0 bridgehead atoms. The van der Waals surface area contributed by atoms with Crippen LogP contribution in [0.5, 0.6) is 0 Å². The van der Waals surface area contributed by atoms with Crippen LogP contribution in [0.2, 0.25) is 18.1 Å². The number of rotatable bonds is 5. The molecule has 0 amide bonds. The Morgan fingerprint density at radius 1 is 1.40 bits per heavy atom. The number of aromatic amines is 1. The summed E-state index contributed by atoms with van der Waals surface area (Å²) in [6.45, 7) is 12.4. The van der Waals surface area contributed by atoms with Gasteiger partial charge < -0.3 is 14.0 Å². The third kappa shape index (κ3) is 4.19. The minimum atomic E-state index is -2.05. The zero-order valence-corrected chi connectivity index (χ0v) is 16.8. The summed E-state index contributed by atoms with van der Waals surface area (Å²) in [5.74, 6) is 0. The smallest absolute Gasteiger partial charge is 0.330 e. The Balaban J connectivity index is 2.29. The normalized spacial score (nSPS) is 24.5. The van der Waals surface area contributed by atoms with Gasteiger partial charge in [-0.3, -0.25) is 14.3 Å². The summed E-state index contributed by atoms with van der Waals surface area (Å²) in [6.07, 6.45) is 1.80. The minimum Gasteiger partial charge on any atom is -0.411 e. The summed E-state index contributed by atoms with van der Waals surface area (Å²) in [7, 11) is -2.05. The van der Waals surface area contributed by atoms with Gasteiger partial charge in [0, 0.05) is 24.6 Å². The number of hydrogen-bond acceptors (Lipinski definition) is 5. The van der Waals surface area contributed by atoms with E-state index in [9.17, 15) is 14.4 Å². The molecule has 2 heterocycles. The van der Waals surface area contributed by atoms with Gasteiger partial charge in [-0.25, -0.2) is 4.79 Å². The number of hydrogen-bond donors (Lipinski definition) is 1. The lowest BCUT2D eigenvalue weighted by Gasteiger charge is -2.39. The number of nitrogens with one attached hydrogen (secondary N) is 1. The molecule has 1 aliphatic rings. The van der Waals surface area contributed by atoms with E-state index < -0.39 is 31.9 Å². The molecule has 0 radical (unpaired) electrons. The molecular weight excluding hydrogens is 340 g/mol. The molecule has 1 N–H and O–H groups in total. The van der Waals surface area contributed by atoms with Gasteiger partial charge >= 0.3 is 5.69 Å². The number of ether oxygens (including phenoxy) is 1. The van der Waals surface area contributed by atoms with Crippen LogP contribution in [0, 0.1) is 6.92 Å². The maximum Gasteiger partial charge on any atom is 0.330 e. The largest absolute Gasteiger partial charge is 0.411 e. The Morgan fingerprint density at radius 2 is 2.04 bits per heavy atom. The van der Waals surface area contributed by atoms with Gasteiger partial charge in [-0.2, -0.15) is 0 Å². The SMILES string of the molecule is Cc1cn([C@H]2C[C@H](O[Si](C)(C)C(C)(C)C)[C@@H](CC=O)O2)c(=O)[nH]c1=O. The molecule has 1 fully saturated rings. The summed E-state index contributed by atoms with van der Waals surface area (Å²) in [4.78, 5) is 37.0. The minimum absolute atomic E-state index is 0.0300. The van der Waals surface area contributed by atoms with Crippen molar-refractivity contribution in [2.45, 2.75) is 77.1 Å². The van der Waals surface area contributed by atoms with Crippen LogP contribution in [-0.4, -0.2) is 36.4 Å². The average molecular weight is 369 g/mol. The van der Waals surface area contributed by atoms with Crippen molar-refractivity contribution < 1.29 is 14.0 Å².